The molecule has 1 N–H and O–H groups in total. The minimum atomic E-state index is 0.342. The molecule has 2 aromatic rings. The zero-order valence-corrected chi connectivity index (χ0v) is 10.5. The van der Waals surface area contributed by atoms with E-state index in [0.717, 1.165) is 28.7 Å². The molecular formula is C12H16ClN3. The molecular weight excluding hydrogens is 222 g/mol. The van der Waals surface area contributed by atoms with Crippen LogP contribution < -0.4 is 5.32 Å². The van der Waals surface area contributed by atoms with Gasteiger partial charge in [-0.3, -0.25) is 4.40 Å². The van der Waals surface area contributed by atoms with Crippen LogP contribution in [0.2, 0.25) is 5.15 Å². The average molecular weight is 238 g/mol. The lowest BCUT2D eigenvalue weighted by Crippen LogP contribution is -2.09. The first kappa shape index (κ1) is 11.4. The first-order valence-corrected chi connectivity index (χ1v) is 5.83. The third kappa shape index (κ3) is 1.81. The Labute approximate surface area is 100 Å². The molecule has 0 saturated heterocycles. The summed E-state index contributed by atoms with van der Waals surface area (Å²) in [5.74, 6) is 0.342. The fourth-order valence-electron chi connectivity index (χ4n) is 1.83. The highest BCUT2D eigenvalue weighted by atomic mass is 35.5. The smallest absolute Gasteiger partial charge is 0.138 e. The standard InChI is InChI=1S/C12H16ClN3/c1-8(2)11-12(13)16-9(7-14-3)5-4-6-10(16)15-11/h4-6,8,14H,7H2,1-3H3. The number of hydrogen-bond acceptors (Lipinski definition) is 2. The number of nitrogens with one attached hydrogen (secondary N) is 1. The monoisotopic (exact) mass is 237 g/mol. The molecule has 0 radical (unpaired) electrons. The van der Waals surface area contributed by atoms with Gasteiger partial charge in [0.05, 0.1) is 5.69 Å². The molecule has 0 unspecified atom stereocenters. The van der Waals surface area contributed by atoms with Gasteiger partial charge in [-0.05, 0) is 25.1 Å². The number of hydrogen-bond donors (Lipinski definition) is 1. The van der Waals surface area contributed by atoms with Crippen molar-refractivity contribution >= 4 is 17.2 Å². The second kappa shape index (κ2) is 4.44. The molecule has 0 fully saturated rings. The summed E-state index contributed by atoms with van der Waals surface area (Å²) < 4.78 is 2.01. The van der Waals surface area contributed by atoms with Gasteiger partial charge in [0.2, 0.25) is 0 Å². The van der Waals surface area contributed by atoms with E-state index in [-0.39, 0.29) is 0 Å². The molecule has 0 saturated carbocycles. The third-order valence-corrected chi connectivity index (χ3v) is 2.96. The van der Waals surface area contributed by atoms with E-state index in [2.05, 4.69) is 30.2 Å². The Morgan fingerprint density at radius 3 is 2.81 bits per heavy atom. The summed E-state index contributed by atoms with van der Waals surface area (Å²) in [5.41, 5.74) is 3.01. The Kier molecular flexibility index (Phi) is 3.17. The summed E-state index contributed by atoms with van der Waals surface area (Å²) in [6.07, 6.45) is 0. The fraction of sp³-hybridized carbons (Fsp3) is 0.417. The Bertz CT molecular complexity index is 502. The van der Waals surface area contributed by atoms with Crippen molar-refractivity contribution in [1.29, 1.82) is 0 Å². The topological polar surface area (TPSA) is 29.3 Å². The van der Waals surface area contributed by atoms with Crippen molar-refractivity contribution in [2.75, 3.05) is 7.05 Å². The highest BCUT2D eigenvalue weighted by Gasteiger charge is 2.14. The normalized spacial score (nSPS) is 11.6. The summed E-state index contributed by atoms with van der Waals surface area (Å²) in [4.78, 5) is 4.56. The highest BCUT2D eigenvalue weighted by Crippen LogP contribution is 2.26. The molecule has 0 bridgehead atoms. The highest BCUT2D eigenvalue weighted by molar-refractivity contribution is 6.30. The van der Waals surface area contributed by atoms with E-state index in [9.17, 15) is 0 Å². The number of aromatic nitrogens is 2. The van der Waals surface area contributed by atoms with Crippen LogP contribution in [0.3, 0.4) is 0 Å². The predicted molar refractivity (Wildman–Crippen MR) is 67.1 cm³/mol. The van der Waals surface area contributed by atoms with Crippen LogP contribution >= 0.6 is 11.6 Å². The molecule has 0 atom stereocenters. The van der Waals surface area contributed by atoms with Crippen molar-refractivity contribution in [3.63, 3.8) is 0 Å². The average Bonchev–Trinajstić information content (AvgIpc) is 2.58. The van der Waals surface area contributed by atoms with Crippen molar-refractivity contribution in [3.8, 4) is 0 Å². The Morgan fingerprint density at radius 1 is 1.44 bits per heavy atom. The van der Waals surface area contributed by atoms with Crippen LogP contribution in [0.4, 0.5) is 0 Å². The van der Waals surface area contributed by atoms with Gasteiger partial charge in [-0.25, -0.2) is 4.98 Å². The van der Waals surface area contributed by atoms with Gasteiger partial charge >= 0.3 is 0 Å². The van der Waals surface area contributed by atoms with E-state index in [4.69, 9.17) is 11.6 Å². The first-order chi connectivity index (χ1) is 7.65. The molecule has 0 aliphatic carbocycles. The third-order valence-electron chi connectivity index (χ3n) is 2.60. The van der Waals surface area contributed by atoms with E-state index >= 15 is 0 Å². The minimum absolute atomic E-state index is 0.342. The van der Waals surface area contributed by atoms with E-state index in [1.54, 1.807) is 0 Å². The van der Waals surface area contributed by atoms with E-state index < -0.39 is 0 Å². The molecule has 0 amide bonds. The lowest BCUT2D eigenvalue weighted by Gasteiger charge is -2.05. The van der Waals surface area contributed by atoms with Gasteiger partial charge in [-0.1, -0.05) is 31.5 Å². The maximum atomic E-state index is 6.37. The Hall–Kier alpha value is -1.06. The van der Waals surface area contributed by atoms with Gasteiger partial charge < -0.3 is 5.32 Å². The van der Waals surface area contributed by atoms with E-state index in [0.29, 0.717) is 5.92 Å². The van der Waals surface area contributed by atoms with E-state index in [1.807, 2.05) is 23.6 Å². The minimum Gasteiger partial charge on any atom is -0.314 e. The van der Waals surface area contributed by atoms with Crippen LogP contribution in [-0.2, 0) is 6.54 Å². The Morgan fingerprint density at radius 2 is 2.19 bits per heavy atom. The largest absolute Gasteiger partial charge is 0.314 e. The first-order valence-electron chi connectivity index (χ1n) is 5.45. The number of nitrogens with zero attached hydrogens (tertiary/aromatic N) is 2. The summed E-state index contributed by atoms with van der Waals surface area (Å²) in [6.45, 7) is 4.99. The zero-order chi connectivity index (χ0) is 11.7. The lowest BCUT2D eigenvalue weighted by molar-refractivity contribution is 0.775. The molecule has 0 aliphatic heterocycles. The molecule has 0 aliphatic rings. The number of fused-ring (bicyclic) bond motifs is 1. The van der Waals surface area contributed by atoms with Gasteiger partial charge in [-0.15, -0.1) is 0 Å². The SMILES string of the molecule is CNCc1cccc2nc(C(C)C)c(Cl)n12. The van der Waals surface area contributed by atoms with Gasteiger partial charge in [0, 0.05) is 12.2 Å². The number of halogens is 1. The van der Waals surface area contributed by atoms with Crippen LogP contribution in [0, 0.1) is 0 Å². The molecule has 3 nitrogen and oxygen atoms in total. The lowest BCUT2D eigenvalue weighted by atomic mass is 10.2. The van der Waals surface area contributed by atoms with Crippen LogP contribution in [-0.4, -0.2) is 16.4 Å². The van der Waals surface area contributed by atoms with Gasteiger partial charge in [0.25, 0.3) is 0 Å². The summed E-state index contributed by atoms with van der Waals surface area (Å²) in [7, 11) is 1.92. The molecule has 0 aromatic carbocycles. The number of pyridine rings is 1. The van der Waals surface area contributed by atoms with Crippen molar-refractivity contribution in [2.45, 2.75) is 26.3 Å². The summed E-state index contributed by atoms with van der Waals surface area (Å²) in [6, 6.07) is 6.05. The van der Waals surface area contributed by atoms with Crippen molar-refractivity contribution < 1.29 is 0 Å². The quantitative estimate of drug-likeness (QED) is 0.890. The second-order valence-electron chi connectivity index (χ2n) is 4.18. The fourth-order valence-corrected chi connectivity index (χ4v) is 2.28. The van der Waals surface area contributed by atoms with Crippen LogP contribution in [0.25, 0.3) is 5.65 Å². The summed E-state index contributed by atoms with van der Waals surface area (Å²) in [5, 5.41) is 3.87. The van der Waals surface area contributed by atoms with Crippen LogP contribution in [0.15, 0.2) is 18.2 Å². The maximum Gasteiger partial charge on any atom is 0.138 e. The van der Waals surface area contributed by atoms with Crippen molar-refractivity contribution in [1.82, 2.24) is 14.7 Å². The molecule has 2 heterocycles. The van der Waals surface area contributed by atoms with Gasteiger partial charge in [0.15, 0.2) is 0 Å². The molecule has 86 valence electrons. The van der Waals surface area contributed by atoms with Crippen molar-refractivity contribution in [2.24, 2.45) is 0 Å². The molecule has 2 rings (SSSR count). The van der Waals surface area contributed by atoms with Crippen LogP contribution in [0.5, 0.6) is 0 Å². The predicted octanol–water partition coefficient (Wildman–Crippen LogP) is 2.83. The molecule has 4 heteroatoms. The maximum absolute atomic E-state index is 6.37. The van der Waals surface area contributed by atoms with Crippen molar-refractivity contribution in [3.05, 3.63) is 34.7 Å². The zero-order valence-electron chi connectivity index (χ0n) is 9.79. The molecule has 16 heavy (non-hydrogen) atoms. The van der Waals surface area contributed by atoms with Gasteiger partial charge in [0.1, 0.15) is 10.8 Å². The van der Waals surface area contributed by atoms with Crippen LogP contribution in [0.1, 0.15) is 31.2 Å². The molecule has 0 spiro atoms. The molecule has 2 aromatic heterocycles. The second-order valence-corrected chi connectivity index (χ2v) is 4.54. The summed E-state index contributed by atoms with van der Waals surface area (Å²) >= 11 is 6.37. The van der Waals surface area contributed by atoms with Gasteiger partial charge in [-0.2, -0.15) is 0 Å². The number of rotatable bonds is 3. The Balaban J connectivity index is 2.67. The number of imidazole rings is 1. The van der Waals surface area contributed by atoms with E-state index in [1.165, 1.54) is 0 Å².